The fraction of sp³-hybridized carbons (Fsp3) is 0.800. The molecule has 1 aliphatic carbocycles. The number of sulfonamides is 1. The summed E-state index contributed by atoms with van der Waals surface area (Å²) in [6.07, 6.45) is 7.89. The van der Waals surface area contributed by atoms with Crippen molar-refractivity contribution in [1.82, 2.24) is 19.4 Å². The van der Waals surface area contributed by atoms with Crippen molar-refractivity contribution in [3.8, 4) is 0 Å². The van der Waals surface area contributed by atoms with Crippen molar-refractivity contribution in [3.05, 3.63) is 17.5 Å². The molecule has 0 spiro atoms. The van der Waals surface area contributed by atoms with Gasteiger partial charge >= 0.3 is 0 Å². The molecule has 2 heterocycles. The highest BCUT2D eigenvalue weighted by Crippen LogP contribution is 2.35. The first-order chi connectivity index (χ1) is 10.5. The second kappa shape index (κ2) is 6.29. The molecule has 0 aromatic carbocycles. The van der Waals surface area contributed by atoms with Gasteiger partial charge in [-0.05, 0) is 32.9 Å². The number of aryl methyl sites for hydroxylation is 1. The maximum Gasteiger partial charge on any atom is 0.215 e. The molecule has 1 N–H and O–H groups in total. The summed E-state index contributed by atoms with van der Waals surface area (Å²) in [5.41, 5.74) is 2.51. The lowest BCUT2D eigenvalue weighted by atomic mass is 10.0. The molecule has 124 valence electrons. The van der Waals surface area contributed by atoms with Crippen LogP contribution in [0.3, 0.4) is 0 Å². The molecule has 1 saturated carbocycles. The van der Waals surface area contributed by atoms with Crippen LogP contribution in [0.15, 0.2) is 6.20 Å². The molecule has 1 unspecified atom stereocenters. The molecule has 1 aromatic heterocycles. The van der Waals surface area contributed by atoms with E-state index in [-0.39, 0.29) is 5.25 Å². The Morgan fingerprint density at radius 3 is 2.73 bits per heavy atom. The molecule has 7 heteroatoms. The molecule has 1 atom stereocenters. The van der Waals surface area contributed by atoms with Crippen LogP contribution in [0.1, 0.15) is 49.3 Å². The molecule has 22 heavy (non-hydrogen) atoms. The fourth-order valence-corrected chi connectivity index (χ4v) is 4.98. The van der Waals surface area contributed by atoms with Crippen molar-refractivity contribution >= 4 is 10.0 Å². The Balaban J connectivity index is 1.69. The minimum atomic E-state index is -3.16. The van der Waals surface area contributed by atoms with Crippen molar-refractivity contribution in [2.45, 2.75) is 49.8 Å². The Hall–Kier alpha value is -0.920. The van der Waals surface area contributed by atoms with Crippen LogP contribution >= 0.6 is 0 Å². The summed E-state index contributed by atoms with van der Waals surface area (Å²) in [4.78, 5) is 2.25. The average Bonchev–Trinajstić information content (AvgIpc) is 3.20. The molecule has 1 saturated heterocycles. The third kappa shape index (κ3) is 3.21. The van der Waals surface area contributed by atoms with Crippen LogP contribution in [0.4, 0.5) is 0 Å². The highest BCUT2D eigenvalue weighted by Gasteiger charge is 2.33. The normalized spacial score (nSPS) is 24.4. The topological polar surface area (TPSA) is 67.2 Å². The first-order valence-electron chi connectivity index (χ1n) is 8.16. The minimum absolute atomic E-state index is 0.288. The Bertz CT molecular complexity index is 619. The van der Waals surface area contributed by atoms with Crippen LogP contribution < -0.4 is 4.72 Å². The van der Waals surface area contributed by atoms with Gasteiger partial charge in [0.1, 0.15) is 0 Å². The van der Waals surface area contributed by atoms with Crippen molar-refractivity contribution in [2.24, 2.45) is 7.05 Å². The van der Waals surface area contributed by atoms with E-state index in [0.29, 0.717) is 18.9 Å². The maximum absolute atomic E-state index is 11.9. The summed E-state index contributed by atoms with van der Waals surface area (Å²) < 4.78 is 28.2. The Morgan fingerprint density at radius 1 is 1.32 bits per heavy atom. The standard InChI is InChI=1S/C15H26N4O2S/c1-16-22(20,21)14-7-8-19(11-14)10-13-9-18(2)17-15(13)12-5-3-4-6-12/h9,12,14,16H,3-8,10-11H2,1-2H3. The van der Waals surface area contributed by atoms with Crippen molar-refractivity contribution in [1.29, 1.82) is 0 Å². The smallest absolute Gasteiger partial charge is 0.215 e. The summed E-state index contributed by atoms with van der Waals surface area (Å²) in [6.45, 7) is 2.27. The lowest BCUT2D eigenvalue weighted by Gasteiger charge is -2.17. The first kappa shape index (κ1) is 16.0. The number of aromatic nitrogens is 2. The highest BCUT2D eigenvalue weighted by molar-refractivity contribution is 7.90. The second-order valence-corrected chi connectivity index (χ2v) is 8.75. The molecule has 1 aliphatic heterocycles. The summed E-state index contributed by atoms with van der Waals surface area (Å²) in [5, 5.41) is 4.39. The lowest BCUT2D eigenvalue weighted by Crippen LogP contribution is -2.34. The van der Waals surface area contributed by atoms with Gasteiger partial charge in [-0.2, -0.15) is 5.10 Å². The maximum atomic E-state index is 11.9. The largest absolute Gasteiger partial charge is 0.298 e. The fourth-order valence-electron chi connectivity index (χ4n) is 3.82. The number of hydrogen-bond acceptors (Lipinski definition) is 4. The molecule has 2 aliphatic rings. The third-order valence-corrected chi connectivity index (χ3v) is 6.86. The van der Waals surface area contributed by atoms with Gasteiger partial charge in [0.2, 0.25) is 10.0 Å². The molecular formula is C15H26N4O2S. The van der Waals surface area contributed by atoms with E-state index in [1.165, 1.54) is 44.0 Å². The van der Waals surface area contributed by atoms with E-state index in [1.54, 1.807) is 0 Å². The van der Waals surface area contributed by atoms with Crippen LogP contribution in [0.5, 0.6) is 0 Å². The summed E-state index contributed by atoms with van der Waals surface area (Å²) in [6, 6.07) is 0. The summed E-state index contributed by atoms with van der Waals surface area (Å²) in [7, 11) is 0.314. The van der Waals surface area contributed by atoms with E-state index in [2.05, 4.69) is 20.9 Å². The van der Waals surface area contributed by atoms with Gasteiger partial charge in [-0.25, -0.2) is 13.1 Å². The van der Waals surface area contributed by atoms with Crippen molar-refractivity contribution < 1.29 is 8.42 Å². The minimum Gasteiger partial charge on any atom is -0.298 e. The van der Waals surface area contributed by atoms with Gasteiger partial charge in [-0.1, -0.05) is 12.8 Å². The van der Waals surface area contributed by atoms with Gasteiger partial charge in [0.25, 0.3) is 0 Å². The van der Waals surface area contributed by atoms with E-state index in [1.807, 2.05) is 11.7 Å². The molecular weight excluding hydrogens is 300 g/mol. The van der Waals surface area contributed by atoms with E-state index >= 15 is 0 Å². The number of nitrogens with zero attached hydrogens (tertiary/aromatic N) is 3. The predicted molar refractivity (Wildman–Crippen MR) is 86.1 cm³/mol. The summed E-state index contributed by atoms with van der Waals surface area (Å²) in [5.74, 6) is 0.593. The quantitative estimate of drug-likeness (QED) is 0.883. The first-order valence-corrected chi connectivity index (χ1v) is 9.71. The van der Waals surface area contributed by atoms with Crippen LogP contribution in [0.2, 0.25) is 0 Å². The number of nitrogens with one attached hydrogen (secondary N) is 1. The second-order valence-electron chi connectivity index (χ2n) is 6.59. The van der Waals surface area contributed by atoms with Crippen molar-refractivity contribution in [2.75, 3.05) is 20.1 Å². The average molecular weight is 326 g/mol. The predicted octanol–water partition coefficient (Wildman–Crippen LogP) is 1.20. The molecule has 6 nitrogen and oxygen atoms in total. The lowest BCUT2D eigenvalue weighted by molar-refractivity contribution is 0.329. The van der Waals surface area contributed by atoms with Gasteiger partial charge in [0.05, 0.1) is 10.9 Å². The molecule has 3 rings (SSSR count). The molecule has 0 bridgehead atoms. The molecule has 0 radical (unpaired) electrons. The van der Waals surface area contributed by atoms with Crippen molar-refractivity contribution in [3.63, 3.8) is 0 Å². The zero-order chi connectivity index (χ0) is 15.7. The number of rotatable bonds is 5. The van der Waals surface area contributed by atoms with E-state index in [9.17, 15) is 8.42 Å². The van der Waals surface area contributed by atoms with Gasteiger partial charge in [-0.15, -0.1) is 0 Å². The summed E-state index contributed by atoms with van der Waals surface area (Å²) >= 11 is 0. The SMILES string of the molecule is CNS(=O)(=O)C1CCN(Cc2cn(C)nc2C2CCCC2)C1. The molecule has 0 amide bonds. The molecule has 1 aromatic rings. The Labute approximate surface area is 132 Å². The molecule has 2 fully saturated rings. The zero-order valence-corrected chi connectivity index (χ0v) is 14.3. The van der Waals surface area contributed by atoms with Crippen LogP contribution in [0.25, 0.3) is 0 Å². The van der Waals surface area contributed by atoms with E-state index in [0.717, 1.165) is 13.1 Å². The Kier molecular flexibility index (Phi) is 4.56. The van der Waals surface area contributed by atoms with Gasteiger partial charge in [-0.3, -0.25) is 9.58 Å². The van der Waals surface area contributed by atoms with Gasteiger partial charge < -0.3 is 0 Å². The number of likely N-dealkylation sites (tertiary alicyclic amines) is 1. The van der Waals surface area contributed by atoms with E-state index in [4.69, 9.17) is 0 Å². The highest BCUT2D eigenvalue weighted by atomic mass is 32.2. The Morgan fingerprint density at radius 2 is 2.05 bits per heavy atom. The number of hydrogen-bond donors (Lipinski definition) is 1. The van der Waals surface area contributed by atoms with Crippen LogP contribution in [-0.4, -0.2) is 48.5 Å². The van der Waals surface area contributed by atoms with Crippen LogP contribution in [0, 0.1) is 0 Å². The van der Waals surface area contributed by atoms with E-state index < -0.39 is 10.0 Å². The third-order valence-electron chi connectivity index (χ3n) is 5.03. The monoisotopic (exact) mass is 326 g/mol. The van der Waals surface area contributed by atoms with Gasteiger partial charge in [0.15, 0.2) is 0 Å². The zero-order valence-electron chi connectivity index (χ0n) is 13.5. The van der Waals surface area contributed by atoms with Crippen LogP contribution in [-0.2, 0) is 23.6 Å². The van der Waals surface area contributed by atoms with Gasteiger partial charge in [0, 0.05) is 37.8 Å².